The second-order valence-corrected chi connectivity index (χ2v) is 7.62. The van der Waals surface area contributed by atoms with Crippen LogP contribution in [0.4, 0.5) is 0 Å². The molecule has 2 atom stereocenters. The molecule has 10 heteroatoms. The first kappa shape index (κ1) is 24.4. The number of nitrogens with one attached hydrogen (secondary N) is 2. The molecule has 0 spiro atoms. The molecule has 0 aliphatic carbocycles. The van der Waals surface area contributed by atoms with Crippen LogP contribution >= 0.6 is 12.4 Å². The van der Waals surface area contributed by atoms with E-state index in [2.05, 4.69) is 10.6 Å². The topological polar surface area (TPSA) is 122 Å². The van der Waals surface area contributed by atoms with Crippen LogP contribution in [0.25, 0.3) is 11.1 Å². The first-order valence-corrected chi connectivity index (χ1v) is 9.83. The number of aromatic nitrogens is 2. The van der Waals surface area contributed by atoms with Gasteiger partial charge in [0.25, 0.3) is 5.56 Å². The van der Waals surface area contributed by atoms with Crippen LogP contribution in [0.5, 0.6) is 0 Å². The van der Waals surface area contributed by atoms with Crippen molar-refractivity contribution in [1.82, 2.24) is 19.8 Å². The lowest BCUT2D eigenvalue weighted by Crippen LogP contribution is -2.49. The third-order valence-corrected chi connectivity index (χ3v) is 5.63. The number of aliphatic carboxylic acids is 1. The fourth-order valence-corrected chi connectivity index (χ4v) is 3.70. The van der Waals surface area contributed by atoms with Crippen molar-refractivity contribution in [3.8, 4) is 11.1 Å². The monoisotopic (exact) mass is 450 g/mol. The van der Waals surface area contributed by atoms with E-state index in [4.69, 9.17) is 0 Å². The molecule has 2 heterocycles. The van der Waals surface area contributed by atoms with Crippen LogP contribution in [0.3, 0.4) is 0 Å². The van der Waals surface area contributed by atoms with Gasteiger partial charge in [-0.15, -0.1) is 12.4 Å². The highest BCUT2D eigenvalue weighted by atomic mass is 35.5. The average Bonchev–Trinajstić information content (AvgIpc) is 3.26. The standard InChI is InChI=1S/C21H26N4O5.ClH/c1-12-17(19(27)25(3)21(30)24(12)2)14-8-6-13(7-9-14)11-16(20(28)29)23-18(26)15-5-4-10-22-15;/h6-9,15-16,22H,4-5,10-11H2,1-3H3,(H,23,26)(H,28,29);1H/t15?,16-;/m0./s1. The zero-order chi connectivity index (χ0) is 22.0. The molecule has 0 saturated carbocycles. The molecule has 1 aromatic heterocycles. The van der Waals surface area contributed by atoms with Gasteiger partial charge in [0.15, 0.2) is 0 Å². The second-order valence-electron chi connectivity index (χ2n) is 7.62. The Bertz CT molecular complexity index is 1080. The summed E-state index contributed by atoms with van der Waals surface area (Å²) in [5.74, 6) is -1.41. The second kappa shape index (κ2) is 9.93. The highest BCUT2D eigenvalue weighted by molar-refractivity contribution is 5.87. The maximum absolute atomic E-state index is 12.6. The summed E-state index contributed by atoms with van der Waals surface area (Å²) in [6.45, 7) is 2.46. The van der Waals surface area contributed by atoms with Gasteiger partial charge in [-0.3, -0.25) is 14.2 Å². The lowest BCUT2D eigenvalue weighted by Gasteiger charge is -2.18. The predicted octanol–water partition coefficient (Wildman–Crippen LogP) is 0.345. The van der Waals surface area contributed by atoms with Crippen molar-refractivity contribution in [2.24, 2.45) is 14.1 Å². The van der Waals surface area contributed by atoms with Crippen LogP contribution in [-0.4, -0.2) is 44.7 Å². The van der Waals surface area contributed by atoms with Crippen molar-refractivity contribution in [2.45, 2.75) is 38.3 Å². The van der Waals surface area contributed by atoms with Gasteiger partial charge < -0.3 is 20.3 Å². The Balaban J connectivity index is 0.00000341. The Kier molecular flexibility index (Phi) is 7.80. The van der Waals surface area contributed by atoms with Gasteiger partial charge in [-0.1, -0.05) is 24.3 Å². The lowest BCUT2D eigenvalue weighted by atomic mass is 10.00. The fourth-order valence-electron chi connectivity index (χ4n) is 3.70. The number of carbonyl (C=O) groups excluding carboxylic acids is 1. The summed E-state index contributed by atoms with van der Waals surface area (Å²) in [5.41, 5.74) is 1.54. The maximum atomic E-state index is 12.6. The summed E-state index contributed by atoms with van der Waals surface area (Å²) in [6.07, 6.45) is 1.71. The quantitative estimate of drug-likeness (QED) is 0.583. The Morgan fingerprint density at radius 2 is 1.84 bits per heavy atom. The van der Waals surface area contributed by atoms with E-state index >= 15 is 0 Å². The van der Waals surface area contributed by atoms with Crippen molar-refractivity contribution in [2.75, 3.05) is 6.54 Å². The predicted molar refractivity (Wildman–Crippen MR) is 119 cm³/mol. The largest absolute Gasteiger partial charge is 0.480 e. The first-order valence-electron chi connectivity index (χ1n) is 9.83. The summed E-state index contributed by atoms with van der Waals surface area (Å²) in [7, 11) is 3.04. The number of halogens is 1. The van der Waals surface area contributed by atoms with Gasteiger partial charge in [-0.2, -0.15) is 0 Å². The number of benzene rings is 1. The Morgan fingerprint density at radius 1 is 1.19 bits per heavy atom. The minimum Gasteiger partial charge on any atom is -0.480 e. The number of carboxylic acids is 1. The van der Waals surface area contributed by atoms with E-state index < -0.39 is 17.7 Å². The third kappa shape index (κ3) is 5.05. The maximum Gasteiger partial charge on any atom is 0.330 e. The normalized spacial score (nSPS) is 16.4. The number of carboxylic acid groups (broad SMARTS) is 1. The van der Waals surface area contributed by atoms with E-state index in [1.807, 2.05) is 0 Å². The molecular formula is C21H27ClN4O5. The van der Waals surface area contributed by atoms with Gasteiger partial charge in [0.2, 0.25) is 5.91 Å². The van der Waals surface area contributed by atoms with Gasteiger partial charge in [-0.25, -0.2) is 9.59 Å². The van der Waals surface area contributed by atoms with Crippen LogP contribution in [-0.2, 0) is 30.1 Å². The number of nitrogens with zero attached hydrogens (tertiary/aromatic N) is 2. The first-order chi connectivity index (χ1) is 14.2. The molecule has 1 aliphatic rings. The number of rotatable bonds is 6. The summed E-state index contributed by atoms with van der Waals surface area (Å²) < 4.78 is 2.47. The van der Waals surface area contributed by atoms with Gasteiger partial charge in [-0.05, 0) is 37.4 Å². The van der Waals surface area contributed by atoms with E-state index in [9.17, 15) is 24.3 Å². The molecular weight excluding hydrogens is 424 g/mol. The van der Waals surface area contributed by atoms with Crippen molar-refractivity contribution in [1.29, 1.82) is 0 Å². The third-order valence-electron chi connectivity index (χ3n) is 5.63. The van der Waals surface area contributed by atoms with E-state index in [0.29, 0.717) is 28.8 Å². The highest BCUT2D eigenvalue weighted by Crippen LogP contribution is 2.19. The van der Waals surface area contributed by atoms with Crippen molar-refractivity contribution >= 4 is 24.3 Å². The molecule has 1 aromatic carbocycles. The van der Waals surface area contributed by atoms with E-state index in [-0.39, 0.29) is 36.3 Å². The smallest absolute Gasteiger partial charge is 0.330 e. The molecule has 2 aromatic rings. The average molecular weight is 451 g/mol. The van der Waals surface area contributed by atoms with Crippen LogP contribution < -0.4 is 21.9 Å². The van der Waals surface area contributed by atoms with Crippen LogP contribution in [0.1, 0.15) is 24.1 Å². The molecule has 1 aliphatic heterocycles. The molecule has 3 rings (SSSR count). The Morgan fingerprint density at radius 3 is 2.39 bits per heavy atom. The molecule has 0 bridgehead atoms. The number of amides is 1. The molecule has 1 unspecified atom stereocenters. The number of hydrogen-bond donors (Lipinski definition) is 3. The summed E-state index contributed by atoms with van der Waals surface area (Å²) in [4.78, 5) is 48.5. The van der Waals surface area contributed by atoms with E-state index in [1.54, 1.807) is 38.2 Å². The summed E-state index contributed by atoms with van der Waals surface area (Å²) >= 11 is 0. The minimum atomic E-state index is -1.10. The number of carbonyl (C=O) groups is 2. The molecule has 1 fully saturated rings. The summed E-state index contributed by atoms with van der Waals surface area (Å²) in [6, 6.07) is 5.52. The molecule has 31 heavy (non-hydrogen) atoms. The molecule has 0 radical (unpaired) electrons. The van der Waals surface area contributed by atoms with Gasteiger partial charge in [0.05, 0.1) is 11.6 Å². The molecule has 1 saturated heterocycles. The van der Waals surface area contributed by atoms with Gasteiger partial charge in [0.1, 0.15) is 6.04 Å². The van der Waals surface area contributed by atoms with Crippen LogP contribution in [0, 0.1) is 6.92 Å². The summed E-state index contributed by atoms with van der Waals surface area (Å²) in [5, 5.41) is 15.2. The van der Waals surface area contributed by atoms with Gasteiger partial charge >= 0.3 is 11.7 Å². The molecule has 1 amide bonds. The molecule has 3 N–H and O–H groups in total. The van der Waals surface area contributed by atoms with Gasteiger partial charge in [0, 0.05) is 26.2 Å². The Labute approximate surface area is 185 Å². The Hall–Kier alpha value is -2.91. The van der Waals surface area contributed by atoms with Crippen molar-refractivity contribution in [3.63, 3.8) is 0 Å². The highest BCUT2D eigenvalue weighted by Gasteiger charge is 2.27. The van der Waals surface area contributed by atoms with E-state index in [0.717, 1.165) is 17.5 Å². The van der Waals surface area contributed by atoms with Crippen LogP contribution in [0.2, 0.25) is 0 Å². The zero-order valence-electron chi connectivity index (χ0n) is 17.7. The SMILES string of the molecule is Cc1c(-c2ccc(C[C@H](NC(=O)C3CCCN3)C(=O)O)cc2)c(=O)n(C)c(=O)n1C.Cl. The van der Waals surface area contributed by atoms with E-state index in [1.165, 1.54) is 11.6 Å². The zero-order valence-corrected chi connectivity index (χ0v) is 18.5. The minimum absolute atomic E-state index is 0. The lowest BCUT2D eigenvalue weighted by molar-refractivity contribution is -0.142. The van der Waals surface area contributed by atoms with Crippen molar-refractivity contribution in [3.05, 3.63) is 56.4 Å². The number of hydrogen-bond acceptors (Lipinski definition) is 5. The van der Waals surface area contributed by atoms with Crippen molar-refractivity contribution < 1.29 is 14.7 Å². The van der Waals surface area contributed by atoms with Crippen LogP contribution in [0.15, 0.2) is 33.9 Å². The fraction of sp³-hybridized carbons (Fsp3) is 0.429. The molecule has 168 valence electrons. The molecule has 9 nitrogen and oxygen atoms in total.